The molecule has 0 amide bonds. The van der Waals surface area contributed by atoms with E-state index in [0.717, 1.165) is 5.39 Å². The molecular weight excluding hydrogens is 362 g/mol. The first kappa shape index (κ1) is 13.5. The molecule has 20 heavy (non-hydrogen) atoms. The predicted octanol–water partition coefficient (Wildman–Crippen LogP) is 4.93. The first-order valence-electron chi connectivity index (χ1n) is 5.65. The molecular formula is C14H7BrClNO2S. The van der Waals surface area contributed by atoms with Gasteiger partial charge in [-0.2, -0.15) is 0 Å². The Morgan fingerprint density at radius 3 is 2.95 bits per heavy atom. The van der Waals surface area contributed by atoms with Gasteiger partial charge in [0.15, 0.2) is 5.75 Å². The van der Waals surface area contributed by atoms with Gasteiger partial charge < -0.3 is 4.74 Å². The third kappa shape index (κ3) is 2.44. The van der Waals surface area contributed by atoms with E-state index in [0.29, 0.717) is 25.6 Å². The molecule has 0 N–H and O–H groups in total. The number of hydrogen-bond donors (Lipinski definition) is 0. The maximum Gasteiger partial charge on any atom is 0.353 e. The van der Waals surface area contributed by atoms with E-state index in [2.05, 4.69) is 20.9 Å². The van der Waals surface area contributed by atoms with Gasteiger partial charge in [-0.3, -0.25) is 4.98 Å². The number of halogens is 2. The van der Waals surface area contributed by atoms with E-state index in [-0.39, 0.29) is 0 Å². The van der Waals surface area contributed by atoms with Crippen molar-refractivity contribution in [1.29, 1.82) is 0 Å². The van der Waals surface area contributed by atoms with Crippen molar-refractivity contribution < 1.29 is 9.53 Å². The Balaban J connectivity index is 2.10. The zero-order chi connectivity index (χ0) is 14.1. The molecule has 0 radical (unpaired) electrons. The fourth-order valence-electron chi connectivity index (χ4n) is 1.78. The molecule has 0 fully saturated rings. The van der Waals surface area contributed by atoms with Crippen molar-refractivity contribution in [3.05, 3.63) is 56.3 Å². The minimum Gasteiger partial charge on any atom is -0.419 e. The van der Waals surface area contributed by atoms with Crippen LogP contribution < -0.4 is 4.74 Å². The van der Waals surface area contributed by atoms with E-state index in [4.69, 9.17) is 16.3 Å². The fraction of sp³-hybridized carbons (Fsp3) is 0. The van der Waals surface area contributed by atoms with Crippen LogP contribution in [0.15, 0.2) is 46.4 Å². The number of pyridine rings is 1. The lowest BCUT2D eigenvalue weighted by atomic mass is 10.2. The van der Waals surface area contributed by atoms with Crippen LogP contribution in [-0.2, 0) is 0 Å². The zero-order valence-electron chi connectivity index (χ0n) is 9.97. The van der Waals surface area contributed by atoms with Crippen molar-refractivity contribution >= 4 is 55.7 Å². The molecule has 6 heteroatoms. The van der Waals surface area contributed by atoms with Gasteiger partial charge in [0.1, 0.15) is 10.4 Å². The zero-order valence-corrected chi connectivity index (χ0v) is 13.1. The molecule has 1 aromatic carbocycles. The van der Waals surface area contributed by atoms with Crippen molar-refractivity contribution in [3.63, 3.8) is 0 Å². The number of nitrogens with zero attached hydrogens (tertiary/aromatic N) is 1. The molecule has 3 rings (SSSR count). The van der Waals surface area contributed by atoms with E-state index in [1.807, 2.05) is 11.4 Å². The first-order chi connectivity index (χ1) is 9.66. The molecule has 3 aromatic rings. The largest absolute Gasteiger partial charge is 0.419 e. The quantitative estimate of drug-likeness (QED) is 0.475. The van der Waals surface area contributed by atoms with Crippen LogP contribution in [-0.4, -0.2) is 11.0 Å². The van der Waals surface area contributed by atoms with Gasteiger partial charge >= 0.3 is 5.97 Å². The highest BCUT2D eigenvalue weighted by molar-refractivity contribution is 9.10. The molecule has 2 heterocycles. The van der Waals surface area contributed by atoms with E-state index in [1.54, 1.807) is 30.5 Å². The van der Waals surface area contributed by atoms with Crippen LogP contribution in [0, 0.1) is 0 Å². The van der Waals surface area contributed by atoms with Gasteiger partial charge in [-0.05, 0) is 45.6 Å². The molecule has 100 valence electrons. The number of rotatable bonds is 2. The molecule has 0 spiro atoms. The topological polar surface area (TPSA) is 39.2 Å². The van der Waals surface area contributed by atoms with Gasteiger partial charge in [0.25, 0.3) is 0 Å². The summed E-state index contributed by atoms with van der Waals surface area (Å²) >= 11 is 10.9. The Kier molecular flexibility index (Phi) is 3.74. The van der Waals surface area contributed by atoms with E-state index >= 15 is 0 Å². The summed E-state index contributed by atoms with van der Waals surface area (Å²) in [5.41, 5.74) is 0.553. The van der Waals surface area contributed by atoms with Crippen LogP contribution in [0.4, 0.5) is 0 Å². The summed E-state index contributed by atoms with van der Waals surface area (Å²) in [6.45, 7) is 0. The van der Waals surface area contributed by atoms with Gasteiger partial charge in [0.05, 0.1) is 9.50 Å². The lowest BCUT2D eigenvalue weighted by molar-refractivity contribution is 0.0740. The van der Waals surface area contributed by atoms with Crippen LogP contribution >= 0.6 is 38.9 Å². The summed E-state index contributed by atoms with van der Waals surface area (Å²) in [5, 5.41) is 3.12. The minimum absolute atomic E-state index is 0.378. The summed E-state index contributed by atoms with van der Waals surface area (Å²) in [6, 6.07) is 8.83. The lowest BCUT2D eigenvalue weighted by Gasteiger charge is -2.09. The first-order valence-corrected chi connectivity index (χ1v) is 7.70. The highest BCUT2D eigenvalue weighted by Gasteiger charge is 2.17. The average molecular weight is 369 g/mol. The number of carbonyl (C=O) groups excluding carboxylic acids is 1. The minimum atomic E-state index is -0.407. The molecule has 3 nitrogen and oxygen atoms in total. The number of fused-ring (bicyclic) bond motifs is 1. The molecule has 0 aliphatic rings. The Hall–Kier alpha value is -1.43. The highest BCUT2D eigenvalue weighted by Crippen LogP contribution is 2.37. The van der Waals surface area contributed by atoms with E-state index in [9.17, 15) is 4.79 Å². The second kappa shape index (κ2) is 5.52. The molecule has 0 atom stereocenters. The second-order valence-electron chi connectivity index (χ2n) is 3.94. The molecule has 0 bridgehead atoms. The molecule has 2 aromatic heterocycles. The summed E-state index contributed by atoms with van der Waals surface area (Å²) in [5.74, 6) is -0.0293. The highest BCUT2D eigenvalue weighted by atomic mass is 79.9. The average Bonchev–Trinajstić information content (AvgIpc) is 2.97. The summed E-state index contributed by atoms with van der Waals surface area (Å²) < 4.78 is 6.06. The van der Waals surface area contributed by atoms with Gasteiger partial charge in [-0.1, -0.05) is 17.7 Å². The van der Waals surface area contributed by atoms with Crippen molar-refractivity contribution in [2.45, 2.75) is 0 Å². The summed E-state index contributed by atoms with van der Waals surface area (Å²) in [4.78, 5) is 16.8. The van der Waals surface area contributed by atoms with Gasteiger partial charge in [0.2, 0.25) is 0 Å². The summed E-state index contributed by atoms with van der Waals surface area (Å²) in [7, 11) is 0. The third-order valence-corrected chi connectivity index (χ3v) is 4.42. The predicted molar refractivity (Wildman–Crippen MR) is 83.7 cm³/mol. The van der Waals surface area contributed by atoms with Gasteiger partial charge in [-0.25, -0.2) is 4.79 Å². The van der Waals surface area contributed by atoms with Crippen molar-refractivity contribution in [3.8, 4) is 5.75 Å². The number of hydrogen-bond acceptors (Lipinski definition) is 4. The van der Waals surface area contributed by atoms with Crippen LogP contribution in [0.3, 0.4) is 0 Å². The van der Waals surface area contributed by atoms with Gasteiger partial charge in [0, 0.05) is 11.6 Å². The molecule has 0 unspecified atom stereocenters. The maximum atomic E-state index is 12.1. The lowest BCUT2D eigenvalue weighted by Crippen LogP contribution is -2.07. The number of aromatic nitrogens is 1. The standard InChI is InChI=1S/C14H7BrClNO2S/c15-9-7-10(16)8-3-1-5-17-12(8)13(9)19-14(18)11-4-2-6-20-11/h1-7H. The van der Waals surface area contributed by atoms with Crippen LogP contribution in [0.5, 0.6) is 5.75 Å². The number of ether oxygens (including phenoxy) is 1. The molecule has 0 saturated carbocycles. The van der Waals surface area contributed by atoms with Crippen LogP contribution in [0.25, 0.3) is 10.9 Å². The van der Waals surface area contributed by atoms with E-state index in [1.165, 1.54) is 11.3 Å². The third-order valence-electron chi connectivity index (χ3n) is 2.67. The maximum absolute atomic E-state index is 12.1. The van der Waals surface area contributed by atoms with Crippen molar-refractivity contribution in [2.75, 3.05) is 0 Å². The number of thiophene rings is 1. The second-order valence-corrected chi connectivity index (χ2v) is 6.14. The monoisotopic (exact) mass is 367 g/mol. The smallest absolute Gasteiger partial charge is 0.353 e. The van der Waals surface area contributed by atoms with E-state index < -0.39 is 5.97 Å². The van der Waals surface area contributed by atoms with Crippen LogP contribution in [0.1, 0.15) is 9.67 Å². The number of carbonyl (C=O) groups is 1. The molecule has 0 aliphatic heterocycles. The molecule has 0 saturated heterocycles. The normalized spacial score (nSPS) is 10.7. The number of esters is 1. The van der Waals surface area contributed by atoms with Crippen molar-refractivity contribution in [1.82, 2.24) is 4.98 Å². The van der Waals surface area contributed by atoms with Crippen molar-refractivity contribution in [2.24, 2.45) is 0 Å². The Morgan fingerprint density at radius 1 is 1.35 bits per heavy atom. The SMILES string of the molecule is O=C(Oc1c(Br)cc(Cl)c2cccnc12)c1cccs1. The Labute approximate surface area is 132 Å². The van der Waals surface area contributed by atoms with Crippen LogP contribution in [0.2, 0.25) is 5.02 Å². The fourth-order valence-corrected chi connectivity index (χ4v) is 3.27. The molecule has 0 aliphatic carbocycles. The van der Waals surface area contributed by atoms with Gasteiger partial charge in [-0.15, -0.1) is 11.3 Å². The Bertz CT molecular complexity index is 789. The summed E-state index contributed by atoms with van der Waals surface area (Å²) in [6.07, 6.45) is 1.63. The Morgan fingerprint density at radius 2 is 2.20 bits per heavy atom. The number of benzene rings is 1.